The lowest BCUT2D eigenvalue weighted by atomic mass is 9.40. The molecule has 2 saturated heterocycles. The molecule has 5 N–H and O–H groups in total. The van der Waals surface area contributed by atoms with Crippen LogP contribution in [-0.4, -0.2) is 40.6 Å². The van der Waals surface area contributed by atoms with Crippen molar-refractivity contribution < 1.29 is 14.9 Å². The molecule has 226 valence electrons. The maximum Gasteiger partial charge on any atom is 0.116 e. The lowest BCUT2D eigenvalue weighted by Gasteiger charge is -2.73. The molecule has 4 aliphatic carbocycles. The van der Waals surface area contributed by atoms with Gasteiger partial charge in [0.15, 0.2) is 0 Å². The van der Waals surface area contributed by atoms with Gasteiger partial charge in [0.2, 0.25) is 0 Å². The topological polar surface area (TPSA) is 87.7 Å². The number of hydrogen-bond donors (Lipinski definition) is 4. The molecule has 1 spiro atoms. The van der Waals surface area contributed by atoms with E-state index in [-0.39, 0.29) is 35.6 Å². The fraction of sp³-hybridized carbons (Fsp3) is 0.778. The average Bonchev–Trinajstić information content (AvgIpc) is 2.91. The van der Waals surface area contributed by atoms with Crippen molar-refractivity contribution in [2.45, 2.75) is 115 Å². The van der Waals surface area contributed by atoms with E-state index in [2.05, 4.69) is 44.9 Å². The molecule has 41 heavy (non-hydrogen) atoms. The lowest BCUT2D eigenvalue weighted by molar-refractivity contribution is -0.340. The van der Waals surface area contributed by atoms with Gasteiger partial charge in [-0.1, -0.05) is 38.5 Å². The van der Waals surface area contributed by atoms with Gasteiger partial charge in [0.1, 0.15) is 5.75 Å². The van der Waals surface area contributed by atoms with Crippen molar-refractivity contribution in [3.63, 3.8) is 0 Å². The van der Waals surface area contributed by atoms with Gasteiger partial charge in [-0.05, 0) is 124 Å². The summed E-state index contributed by atoms with van der Waals surface area (Å²) in [5.41, 5.74) is 10.2. The van der Waals surface area contributed by atoms with E-state index in [0.29, 0.717) is 41.8 Å². The minimum atomic E-state index is -0.557. The fourth-order valence-electron chi connectivity index (χ4n) is 10.9. The Bertz CT molecular complexity index is 1200. The molecular weight excluding hydrogens is 508 g/mol. The van der Waals surface area contributed by atoms with Crippen LogP contribution in [0.3, 0.4) is 0 Å². The second-order valence-electron chi connectivity index (χ2n) is 15.6. The van der Waals surface area contributed by atoms with Crippen molar-refractivity contribution >= 4 is 0 Å². The molecule has 0 radical (unpaired) electrons. The van der Waals surface area contributed by atoms with E-state index < -0.39 is 5.54 Å². The molecule has 3 saturated carbocycles. The van der Waals surface area contributed by atoms with Crippen LogP contribution in [0.15, 0.2) is 12.1 Å². The van der Waals surface area contributed by atoms with Crippen LogP contribution in [0.25, 0.3) is 0 Å². The molecule has 6 aliphatic rings. The number of benzene rings is 1. The molecule has 5 nitrogen and oxygen atoms in total. The Morgan fingerprint density at radius 3 is 2.71 bits per heavy atom. The summed E-state index contributed by atoms with van der Waals surface area (Å²) < 4.78 is 7.44. The first-order valence-electron chi connectivity index (χ1n) is 16.6. The molecule has 0 aromatic heterocycles. The minimum absolute atomic E-state index is 0.0470. The normalized spacial score (nSPS) is 40.6. The van der Waals surface area contributed by atoms with Crippen LogP contribution in [0.1, 0.15) is 95.8 Å². The van der Waals surface area contributed by atoms with Crippen molar-refractivity contribution in [1.82, 2.24) is 5.32 Å². The van der Waals surface area contributed by atoms with Gasteiger partial charge >= 0.3 is 0 Å². The van der Waals surface area contributed by atoms with Crippen molar-refractivity contribution in [2.75, 3.05) is 13.7 Å². The molecule has 5 heteroatoms. The Labute approximate surface area is 248 Å². The van der Waals surface area contributed by atoms with E-state index >= 15 is 0 Å². The van der Waals surface area contributed by atoms with Gasteiger partial charge in [-0.2, -0.15) is 0 Å². The molecule has 0 amide bonds. The number of aliphatic hydroxyl groups excluding tert-OH is 1. The number of phenolic OH excluding ortho intramolecular Hbond substituents is 1. The Hall–Kier alpha value is -1.58. The molecule has 9 unspecified atom stereocenters. The number of ether oxygens (including phenoxy) is 1. The van der Waals surface area contributed by atoms with E-state index in [1.807, 2.05) is 19.2 Å². The van der Waals surface area contributed by atoms with Crippen LogP contribution in [-0.2, 0) is 24.1 Å². The largest absolute Gasteiger partial charge is 0.508 e. The van der Waals surface area contributed by atoms with Crippen molar-refractivity contribution in [3.8, 4) is 17.6 Å². The summed E-state index contributed by atoms with van der Waals surface area (Å²) in [7, 11) is 1.98. The van der Waals surface area contributed by atoms with Gasteiger partial charge in [-0.3, -0.25) is 0 Å². The van der Waals surface area contributed by atoms with E-state index in [1.54, 1.807) is 0 Å². The standard InChI is InChI=1S/C36H54N2O3/c1-22(2)9-10-23-13-24-15-29(14-23)35-19-26-11-12-28(21-39)36(37,33(26)34(3,4)41-35)32(35)8-6-7-25-17-30(40)18-27(20-38-5)31(25)16-24/h17-18,22-24,26,28-29,32-33,38-40H,7,9-16,19-21,37H2,1-5H3. The Morgan fingerprint density at radius 2 is 1.98 bits per heavy atom. The highest BCUT2D eigenvalue weighted by atomic mass is 16.5. The monoisotopic (exact) mass is 562 g/mol. The van der Waals surface area contributed by atoms with Crippen LogP contribution in [0.2, 0.25) is 0 Å². The Balaban J connectivity index is 1.51. The molecule has 7 rings (SSSR count). The smallest absolute Gasteiger partial charge is 0.116 e. The van der Waals surface area contributed by atoms with Gasteiger partial charge in [0.25, 0.3) is 0 Å². The van der Waals surface area contributed by atoms with Crippen molar-refractivity contribution in [2.24, 2.45) is 53.1 Å². The molecule has 1 aromatic rings. The number of rotatable bonds is 6. The highest BCUT2D eigenvalue weighted by Gasteiger charge is 2.74. The summed E-state index contributed by atoms with van der Waals surface area (Å²) >= 11 is 0. The molecule has 1 aromatic carbocycles. The van der Waals surface area contributed by atoms with Gasteiger partial charge in [0, 0.05) is 36.9 Å². The second kappa shape index (κ2) is 10.8. The maximum absolute atomic E-state index is 10.7. The van der Waals surface area contributed by atoms with Crippen LogP contribution >= 0.6 is 0 Å². The number of hydrogen-bond acceptors (Lipinski definition) is 5. The molecule has 9 atom stereocenters. The number of nitrogens with one attached hydrogen (secondary N) is 1. The number of aromatic hydroxyl groups is 1. The zero-order valence-electron chi connectivity index (χ0n) is 26.1. The number of nitrogens with two attached hydrogens (primary N) is 1. The number of aliphatic hydroxyl groups is 1. The lowest BCUT2D eigenvalue weighted by Crippen LogP contribution is -2.82. The molecule has 5 fully saturated rings. The van der Waals surface area contributed by atoms with Crippen molar-refractivity contribution in [3.05, 3.63) is 28.8 Å². The zero-order valence-corrected chi connectivity index (χ0v) is 26.1. The van der Waals surface area contributed by atoms with E-state index in [1.165, 1.54) is 36.8 Å². The van der Waals surface area contributed by atoms with Crippen LogP contribution in [0, 0.1) is 59.2 Å². The minimum Gasteiger partial charge on any atom is -0.508 e. The summed E-state index contributed by atoms with van der Waals surface area (Å²) in [6.45, 7) is 10.1. The first-order valence-corrected chi connectivity index (χ1v) is 16.6. The number of phenols is 1. The average molecular weight is 563 g/mol. The van der Waals surface area contributed by atoms with E-state index in [4.69, 9.17) is 10.5 Å². The summed E-state index contributed by atoms with van der Waals surface area (Å²) in [5, 5.41) is 24.7. The highest BCUT2D eigenvalue weighted by Crippen LogP contribution is 2.68. The first kappa shape index (κ1) is 29.5. The van der Waals surface area contributed by atoms with Crippen LogP contribution < -0.4 is 11.1 Å². The van der Waals surface area contributed by atoms with Gasteiger partial charge < -0.3 is 26.0 Å². The third-order valence-electron chi connectivity index (χ3n) is 12.1. The zero-order chi connectivity index (χ0) is 29.2. The molecule has 6 bridgehead atoms. The summed E-state index contributed by atoms with van der Waals surface area (Å²) in [4.78, 5) is 0. The molecule has 2 aliphatic heterocycles. The van der Waals surface area contributed by atoms with Crippen LogP contribution in [0.4, 0.5) is 0 Å². The predicted octanol–water partition coefficient (Wildman–Crippen LogP) is 5.58. The maximum atomic E-state index is 10.7. The Morgan fingerprint density at radius 1 is 1.17 bits per heavy atom. The SMILES string of the molecule is CNCc1cc(O)cc2c1CC1CC(CCC(C)C)CC(C1)C13CC4CCC(CO)C(N)(C4C(C)(C)O1)C3C#CC2. The molecular formula is C36H54N2O3. The quantitative estimate of drug-likeness (QED) is 0.340. The predicted molar refractivity (Wildman–Crippen MR) is 164 cm³/mol. The second-order valence-corrected chi connectivity index (χ2v) is 15.6. The van der Waals surface area contributed by atoms with Gasteiger partial charge in [-0.15, -0.1) is 0 Å². The highest BCUT2D eigenvalue weighted by molar-refractivity contribution is 5.45. The number of fused-ring (bicyclic) bond motifs is 4. The van der Waals surface area contributed by atoms with Gasteiger partial charge in [0.05, 0.1) is 17.1 Å². The van der Waals surface area contributed by atoms with E-state index in [9.17, 15) is 10.2 Å². The third kappa shape index (κ3) is 4.86. The summed E-state index contributed by atoms with van der Waals surface area (Å²) in [5.74, 6) is 10.8. The summed E-state index contributed by atoms with van der Waals surface area (Å²) in [6.07, 6.45) is 10.9. The van der Waals surface area contributed by atoms with Crippen molar-refractivity contribution in [1.29, 1.82) is 0 Å². The van der Waals surface area contributed by atoms with E-state index in [0.717, 1.165) is 44.2 Å². The van der Waals surface area contributed by atoms with Gasteiger partial charge in [-0.25, -0.2) is 0 Å². The van der Waals surface area contributed by atoms with Crippen LogP contribution in [0.5, 0.6) is 5.75 Å². The first-order chi connectivity index (χ1) is 19.5. The fourth-order valence-corrected chi connectivity index (χ4v) is 10.9. The molecule has 2 heterocycles. The summed E-state index contributed by atoms with van der Waals surface area (Å²) in [6, 6.07) is 3.90. The Kier molecular flexibility index (Phi) is 7.80. The third-order valence-corrected chi connectivity index (χ3v) is 12.1.